The lowest BCUT2D eigenvalue weighted by Crippen LogP contribution is -2.34. The predicted octanol–water partition coefficient (Wildman–Crippen LogP) is 5.95. The molecule has 0 saturated carbocycles. The highest BCUT2D eigenvalue weighted by atomic mass is 35.5. The van der Waals surface area contributed by atoms with E-state index in [4.69, 9.17) is 23.2 Å². The summed E-state index contributed by atoms with van der Waals surface area (Å²) in [6.45, 7) is 0. The molecule has 0 aromatic heterocycles. The molecule has 3 rings (SSSR count). The van der Waals surface area contributed by atoms with Gasteiger partial charge in [0.15, 0.2) is 9.84 Å². The third-order valence-corrected chi connectivity index (χ3v) is 6.81. The minimum absolute atomic E-state index is 0.0149. The van der Waals surface area contributed by atoms with E-state index < -0.39 is 44.2 Å². The molecule has 178 valence electrons. The van der Waals surface area contributed by atoms with E-state index in [0.717, 1.165) is 12.1 Å². The minimum atomic E-state index is -5.04. The van der Waals surface area contributed by atoms with Gasteiger partial charge < -0.3 is 5.32 Å². The maximum absolute atomic E-state index is 13.7. The van der Waals surface area contributed by atoms with Gasteiger partial charge in [-0.25, -0.2) is 13.2 Å². The third-order valence-electron chi connectivity index (χ3n) is 4.49. The van der Waals surface area contributed by atoms with Gasteiger partial charge in [0.2, 0.25) is 0 Å². The molecular weight excluding hydrogens is 516 g/mol. The Balaban J connectivity index is 1.84. The molecule has 0 saturated heterocycles. The summed E-state index contributed by atoms with van der Waals surface area (Å²) < 4.78 is 66.5. The summed E-state index contributed by atoms with van der Waals surface area (Å²) in [6.07, 6.45) is -5.04. The van der Waals surface area contributed by atoms with Crippen LogP contribution in [-0.2, 0) is 21.8 Å². The number of carbonyl (C=O) groups is 2. The number of nitrogens with one attached hydrogen (secondary N) is 2. The molecular formula is C22H15Cl2F3N2O4S. The Bertz CT molecular complexity index is 1350. The van der Waals surface area contributed by atoms with Crippen molar-refractivity contribution >= 4 is 50.7 Å². The topological polar surface area (TPSA) is 92.3 Å². The van der Waals surface area contributed by atoms with Crippen LogP contribution in [0.4, 0.5) is 23.7 Å². The van der Waals surface area contributed by atoms with Crippen LogP contribution < -0.4 is 10.6 Å². The number of sulfone groups is 1. The lowest BCUT2D eigenvalue weighted by Gasteiger charge is -2.16. The summed E-state index contributed by atoms with van der Waals surface area (Å²) in [6, 6.07) is 12.6. The second-order valence-corrected chi connectivity index (χ2v) is 9.78. The van der Waals surface area contributed by atoms with Gasteiger partial charge in [0, 0.05) is 10.7 Å². The van der Waals surface area contributed by atoms with Gasteiger partial charge in [0.05, 0.1) is 26.8 Å². The quantitative estimate of drug-likeness (QED) is 0.426. The molecule has 0 heterocycles. The molecule has 0 bridgehead atoms. The minimum Gasteiger partial charge on any atom is -0.308 e. The van der Waals surface area contributed by atoms with E-state index >= 15 is 0 Å². The predicted molar refractivity (Wildman–Crippen MR) is 122 cm³/mol. The second-order valence-electron chi connectivity index (χ2n) is 6.98. The maximum atomic E-state index is 13.7. The van der Waals surface area contributed by atoms with Crippen LogP contribution in [0.15, 0.2) is 71.6 Å². The van der Waals surface area contributed by atoms with E-state index in [2.05, 4.69) is 5.32 Å². The summed E-state index contributed by atoms with van der Waals surface area (Å²) in [5, 5.41) is 4.45. The Kier molecular flexibility index (Phi) is 7.54. The highest BCUT2D eigenvalue weighted by Gasteiger charge is 2.37. The standard InChI is InChI=1S/C22H15Cl2F3N2O4S/c23-14-7-5-13(6-8-14)12-34(32,33)19-10-9-15(11-17(19)22(25,26)27)28-21(31)29-20(30)16-3-1-2-4-18(16)24/h1-11H,12H2,(H2,28,29,30,31). The summed E-state index contributed by atoms with van der Waals surface area (Å²) >= 11 is 11.6. The monoisotopic (exact) mass is 530 g/mol. The number of hydrogen-bond acceptors (Lipinski definition) is 4. The zero-order chi connectivity index (χ0) is 25.1. The fraction of sp³-hybridized carbons (Fsp3) is 0.0909. The summed E-state index contributed by atoms with van der Waals surface area (Å²) in [5.74, 6) is -1.56. The van der Waals surface area contributed by atoms with Gasteiger partial charge in [-0.2, -0.15) is 13.2 Å². The van der Waals surface area contributed by atoms with Gasteiger partial charge in [-0.05, 0) is 48.0 Å². The zero-order valence-corrected chi connectivity index (χ0v) is 19.3. The molecule has 0 fully saturated rings. The van der Waals surface area contributed by atoms with Gasteiger partial charge in [-0.3, -0.25) is 10.1 Å². The largest absolute Gasteiger partial charge is 0.417 e. The molecule has 3 aromatic carbocycles. The molecule has 0 aliphatic carbocycles. The summed E-state index contributed by atoms with van der Waals surface area (Å²) in [4.78, 5) is 23.3. The first-order valence-corrected chi connectivity index (χ1v) is 11.8. The van der Waals surface area contributed by atoms with Crippen LogP contribution in [0, 0.1) is 0 Å². The molecule has 2 N–H and O–H groups in total. The van der Waals surface area contributed by atoms with Crippen molar-refractivity contribution in [2.45, 2.75) is 16.8 Å². The maximum Gasteiger partial charge on any atom is 0.417 e. The average molecular weight is 531 g/mol. The first-order chi connectivity index (χ1) is 15.9. The fourth-order valence-corrected chi connectivity index (χ4v) is 4.88. The smallest absolute Gasteiger partial charge is 0.308 e. The van der Waals surface area contributed by atoms with Crippen LogP contribution in [0.1, 0.15) is 21.5 Å². The van der Waals surface area contributed by atoms with E-state index in [9.17, 15) is 31.2 Å². The van der Waals surface area contributed by atoms with Crippen LogP contribution in [0.3, 0.4) is 0 Å². The van der Waals surface area contributed by atoms with Crippen LogP contribution in [0.5, 0.6) is 0 Å². The Morgan fingerprint density at radius 1 is 0.912 bits per heavy atom. The van der Waals surface area contributed by atoms with Crippen molar-refractivity contribution in [1.82, 2.24) is 5.32 Å². The number of benzene rings is 3. The SMILES string of the molecule is O=C(NC(=O)c1ccccc1Cl)Nc1ccc(S(=O)(=O)Cc2ccc(Cl)cc2)c(C(F)(F)F)c1. The second kappa shape index (κ2) is 10.0. The number of imide groups is 1. The summed E-state index contributed by atoms with van der Waals surface area (Å²) in [7, 11) is -4.41. The van der Waals surface area contributed by atoms with Crippen molar-refractivity contribution in [1.29, 1.82) is 0 Å². The van der Waals surface area contributed by atoms with E-state index in [-0.39, 0.29) is 21.8 Å². The van der Waals surface area contributed by atoms with Crippen LogP contribution in [-0.4, -0.2) is 20.4 Å². The number of alkyl halides is 3. The van der Waals surface area contributed by atoms with E-state index in [1.807, 2.05) is 5.32 Å². The molecule has 3 aromatic rings. The highest BCUT2D eigenvalue weighted by molar-refractivity contribution is 7.90. The van der Waals surface area contributed by atoms with Gasteiger partial charge in [0.1, 0.15) is 0 Å². The highest BCUT2D eigenvalue weighted by Crippen LogP contribution is 2.37. The average Bonchev–Trinajstić information content (AvgIpc) is 2.74. The molecule has 0 aliphatic rings. The molecule has 3 amide bonds. The molecule has 0 spiro atoms. The molecule has 0 radical (unpaired) electrons. The van der Waals surface area contributed by atoms with Gasteiger partial charge >= 0.3 is 12.2 Å². The molecule has 0 atom stereocenters. The molecule has 0 aliphatic heterocycles. The number of urea groups is 1. The van der Waals surface area contributed by atoms with Crippen molar-refractivity contribution in [2.24, 2.45) is 0 Å². The molecule has 0 unspecified atom stereocenters. The third kappa shape index (κ3) is 6.28. The zero-order valence-electron chi connectivity index (χ0n) is 17.0. The van der Waals surface area contributed by atoms with Crippen molar-refractivity contribution in [3.8, 4) is 0 Å². The Morgan fingerprint density at radius 2 is 1.56 bits per heavy atom. The van der Waals surface area contributed by atoms with Crippen LogP contribution >= 0.6 is 23.2 Å². The van der Waals surface area contributed by atoms with Crippen molar-refractivity contribution < 1.29 is 31.2 Å². The first-order valence-electron chi connectivity index (χ1n) is 9.42. The van der Waals surface area contributed by atoms with Crippen LogP contribution in [0.25, 0.3) is 0 Å². The number of anilines is 1. The Morgan fingerprint density at radius 3 is 2.18 bits per heavy atom. The van der Waals surface area contributed by atoms with Crippen LogP contribution in [0.2, 0.25) is 10.0 Å². The van der Waals surface area contributed by atoms with Crippen molar-refractivity contribution in [3.63, 3.8) is 0 Å². The van der Waals surface area contributed by atoms with E-state index in [0.29, 0.717) is 11.1 Å². The molecule has 6 nitrogen and oxygen atoms in total. The Labute approximate surface area is 202 Å². The van der Waals surface area contributed by atoms with Crippen molar-refractivity contribution in [3.05, 3.63) is 93.5 Å². The first kappa shape index (κ1) is 25.5. The number of carbonyl (C=O) groups excluding carboxylic acids is 2. The van der Waals surface area contributed by atoms with Gasteiger partial charge in [0.25, 0.3) is 5.91 Å². The van der Waals surface area contributed by atoms with Gasteiger partial charge in [-0.15, -0.1) is 0 Å². The summed E-state index contributed by atoms with van der Waals surface area (Å²) in [5.41, 5.74) is -1.60. The number of hydrogen-bond donors (Lipinski definition) is 2. The fourth-order valence-electron chi connectivity index (χ4n) is 2.96. The molecule has 34 heavy (non-hydrogen) atoms. The number of amides is 3. The van der Waals surface area contributed by atoms with Crippen molar-refractivity contribution in [2.75, 3.05) is 5.32 Å². The van der Waals surface area contributed by atoms with E-state index in [1.54, 1.807) is 6.07 Å². The van der Waals surface area contributed by atoms with Gasteiger partial charge in [-0.1, -0.05) is 47.5 Å². The van der Waals surface area contributed by atoms with E-state index in [1.165, 1.54) is 42.5 Å². The Hall–Kier alpha value is -3.08. The number of rotatable bonds is 5. The number of halogens is 5. The lowest BCUT2D eigenvalue weighted by atomic mass is 10.2. The lowest BCUT2D eigenvalue weighted by molar-refractivity contribution is -0.139. The normalized spacial score (nSPS) is 11.7. The molecule has 12 heteroatoms.